The van der Waals surface area contributed by atoms with E-state index in [1.807, 2.05) is 30.3 Å². The van der Waals surface area contributed by atoms with Gasteiger partial charge in [-0.25, -0.2) is 9.59 Å². The minimum atomic E-state index is -0.614. The number of nitrogens with one attached hydrogen (secondary N) is 1. The Bertz CT molecular complexity index is 913. The molecule has 33 heavy (non-hydrogen) atoms. The topological polar surface area (TPSA) is 86.8 Å². The van der Waals surface area contributed by atoms with Crippen molar-refractivity contribution in [2.75, 3.05) is 26.4 Å². The van der Waals surface area contributed by atoms with Gasteiger partial charge in [-0.05, 0) is 45.7 Å². The van der Waals surface area contributed by atoms with Crippen LogP contribution in [0.15, 0.2) is 30.3 Å². The van der Waals surface area contributed by atoms with E-state index in [-0.39, 0.29) is 30.1 Å². The molecule has 1 aromatic heterocycles. The zero-order valence-electron chi connectivity index (χ0n) is 20.4. The number of aromatic nitrogens is 1. The molecule has 0 bridgehead atoms. The number of hydrogen-bond acceptors (Lipinski definition) is 7. The van der Waals surface area contributed by atoms with Crippen LogP contribution in [-0.4, -0.2) is 49.3 Å². The molecular formula is C26H36N2O5. The first kappa shape index (κ1) is 26.3. The molecule has 0 atom stereocenters. The molecule has 0 fully saturated rings. The number of unbranched alkanes of at least 4 members (excludes halogenated alkanes) is 1. The minimum absolute atomic E-state index is 0.0917. The van der Waals surface area contributed by atoms with E-state index in [2.05, 4.69) is 24.1 Å². The van der Waals surface area contributed by atoms with Gasteiger partial charge in [-0.3, -0.25) is 4.98 Å². The Labute approximate surface area is 196 Å². The highest BCUT2D eigenvalue weighted by molar-refractivity contribution is 6.06. The number of esters is 2. The smallest absolute Gasteiger partial charge is 0.342 e. The van der Waals surface area contributed by atoms with Crippen LogP contribution in [0.5, 0.6) is 5.75 Å². The van der Waals surface area contributed by atoms with Crippen molar-refractivity contribution in [3.05, 3.63) is 58.4 Å². The number of carbonyl (C=O) groups is 2. The largest absolute Gasteiger partial charge is 0.491 e. The van der Waals surface area contributed by atoms with Crippen LogP contribution in [0, 0.1) is 6.92 Å². The normalized spacial score (nSPS) is 10.8. The number of aryl methyl sites for hydroxylation is 1. The Balaban J connectivity index is 2.44. The fourth-order valence-corrected chi connectivity index (χ4v) is 3.45. The van der Waals surface area contributed by atoms with Gasteiger partial charge in [0.25, 0.3) is 0 Å². The van der Waals surface area contributed by atoms with Gasteiger partial charge in [0.15, 0.2) is 5.75 Å². The number of hydrogen-bond donors (Lipinski definition) is 1. The molecule has 2 aromatic rings. The third kappa shape index (κ3) is 7.86. The molecule has 7 nitrogen and oxygen atoms in total. The van der Waals surface area contributed by atoms with Crippen LogP contribution >= 0.6 is 0 Å². The van der Waals surface area contributed by atoms with Gasteiger partial charge in [0, 0.05) is 12.5 Å². The lowest BCUT2D eigenvalue weighted by Crippen LogP contribution is -2.24. The molecule has 1 aromatic carbocycles. The maximum absolute atomic E-state index is 13.0. The molecule has 0 aliphatic carbocycles. The van der Waals surface area contributed by atoms with Gasteiger partial charge >= 0.3 is 11.9 Å². The molecule has 1 N–H and O–H groups in total. The predicted octanol–water partition coefficient (Wildman–Crippen LogP) is 4.49. The Kier molecular flexibility index (Phi) is 10.8. The molecule has 0 saturated carbocycles. The lowest BCUT2D eigenvalue weighted by atomic mass is 9.98. The summed E-state index contributed by atoms with van der Waals surface area (Å²) < 4.78 is 16.6. The lowest BCUT2D eigenvalue weighted by Gasteiger charge is -2.19. The number of ether oxygens (including phenoxy) is 3. The van der Waals surface area contributed by atoms with E-state index in [1.165, 1.54) is 0 Å². The maximum Gasteiger partial charge on any atom is 0.342 e. The number of pyridine rings is 1. The van der Waals surface area contributed by atoms with Gasteiger partial charge in [-0.2, -0.15) is 0 Å². The van der Waals surface area contributed by atoms with E-state index in [9.17, 15) is 9.59 Å². The second kappa shape index (κ2) is 13.6. The van der Waals surface area contributed by atoms with Crippen LogP contribution in [0.1, 0.15) is 78.2 Å². The monoisotopic (exact) mass is 456 g/mol. The first-order valence-corrected chi connectivity index (χ1v) is 11.7. The number of benzene rings is 1. The summed E-state index contributed by atoms with van der Waals surface area (Å²) in [4.78, 5) is 30.7. The van der Waals surface area contributed by atoms with Crippen molar-refractivity contribution in [1.29, 1.82) is 0 Å². The van der Waals surface area contributed by atoms with Crippen LogP contribution in [0.2, 0.25) is 0 Å². The van der Waals surface area contributed by atoms with Crippen LogP contribution in [0.4, 0.5) is 0 Å². The maximum atomic E-state index is 13.0. The quantitative estimate of drug-likeness (QED) is 0.351. The number of nitrogens with zero attached hydrogens (tertiary/aromatic N) is 1. The molecule has 0 radical (unpaired) electrons. The van der Waals surface area contributed by atoms with Crippen molar-refractivity contribution in [1.82, 2.24) is 10.3 Å². The predicted molar refractivity (Wildman–Crippen MR) is 128 cm³/mol. The second-order valence-electron chi connectivity index (χ2n) is 7.99. The zero-order chi connectivity index (χ0) is 24.2. The Morgan fingerprint density at radius 3 is 2.21 bits per heavy atom. The number of carbonyl (C=O) groups excluding carboxylic acids is 2. The summed E-state index contributed by atoms with van der Waals surface area (Å²) in [7, 11) is 0. The average molecular weight is 457 g/mol. The van der Waals surface area contributed by atoms with Gasteiger partial charge in [0.05, 0.1) is 36.8 Å². The van der Waals surface area contributed by atoms with E-state index < -0.39 is 11.9 Å². The molecule has 1 heterocycles. The first-order valence-electron chi connectivity index (χ1n) is 11.7. The number of rotatable bonds is 13. The third-order valence-corrected chi connectivity index (χ3v) is 4.94. The average Bonchev–Trinajstić information content (AvgIpc) is 2.77. The van der Waals surface area contributed by atoms with Gasteiger partial charge in [0.2, 0.25) is 0 Å². The lowest BCUT2D eigenvalue weighted by molar-refractivity contribution is 0.0472. The summed E-state index contributed by atoms with van der Waals surface area (Å²) in [6.07, 6.45) is 2.10. The Morgan fingerprint density at radius 1 is 0.970 bits per heavy atom. The SMILES string of the molecule is CCOC(=O)c1c(Cc2ccccc2)nc(C)c(OCCCCNC(C)C)c1C(=O)OCC. The summed E-state index contributed by atoms with van der Waals surface area (Å²) in [6, 6.07) is 10.1. The molecule has 0 unspecified atom stereocenters. The van der Waals surface area contributed by atoms with Crippen molar-refractivity contribution in [3.63, 3.8) is 0 Å². The highest BCUT2D eigenvalue weighted by Gasteiger charge is 2.30. The molecule has 2 rings (SSSR count). The van der Waals surface area contributed by atoms with E-state index in [1.54, 1.807) is 20.8 Å². The van der Waals surface area contributed by atoms with Gasteiger partial charge in [-0.15, -0.1) is 0 Å². The minimum Gasteiger partial charge on any atom is -0.491 e. The van der Waals surface area contributed by atoms with E-state index >= 15 is 0 Å². The summed E-state index contributed by atoms with van der Waals surface area (Å²) in [5, 5.41) is 3.37. The second-order valence-corrected chi connectivity index (χ2v) is 7.99. The molecule has 0 aliphatic rings. The standard InChI is InChI=1S/C26H36N2O5/c1-6-31-25(29)22-21(17-20-13-9-8-10-14-20)28-19(5)24(23(22)26(30)32-7-2)33-16-12-11-15-27-18(3)4/h8-10,13-14,18,27H,6-7,11-12,15-17H2,1-5H3. The zero-order valence-corrected chi connectivity index (χ0v) is 20.4. The summed E-state index contributed by atoms with van der Waals surface area (Å²) >= 11 is 0. The highest BCUT2D eigenvalue weighted by atomic mass is 16.5. The molecule has 0 spiro atoms. The van der Waals surface area contributed by atoms with E-state index in [0.717, 1.165) is 24.9 Å². The fourth-order valence-electron chi connectivity index (χ4n) is 3.45. The summed E-state index contributed by atoms with van der Waals surface area (Å²) in [5.74, 6) is -0.938. The van der Waals surface area contributed by atoms with Crippen LogP contribution in [0.3, 0.4) is 0 Å². The van der Waals surface area contributed by atoms with E-state index in [4.69, 9.17) is 14.2 Å². The van der Waals surface area contributed by atoms with Crippen molar-refractivity contribution in [2.45, 2.75) is 59.9 Å². The first-order chi connectivity index (χ1) is 15.9. The Morgan fingerprint density at radius 2 is 1.61 bits per heavy atom. The van der Waals surface area contributed by atoms with Gasteiger partial charge in [-0.1, -0.05) is 44.2 Å². The van der Waals surface area contributed by atoms with E-state index in [0.29, 0.717) is 30.5 Å². The molecule has 180 valence electrons. The summed E-state index contributed by atoms with van der Waals surface area (Å²) in [5.41, 5.74) is 2.18. The van der Waals surface area contributed by atoms with Crippen molar-refractivity contribution in [2.24, 2.45) is 0 Å². The highest BCUT2D eigenvalue weighted by Crippen LogP contribution is 2.31. The van der Waals surface area contributed by atoms with Crippen LogP contribution < -0.4 is 10.1 Å². The molecule has 0 aliphatic heterocycles. The van der Waals surface area contributed by atoms with Gasteiger partial charge < -0.3 is 19.5 Å². The molecule has 0 saturated heterocycles. The van der Waals surface area contributed by atoms with Crippen molar-refractivity contribution in [3.8, 4) is 5.75 Å². The van der Waals surface area contributed by atoms with Crippen molar-refractivity contribution >= 4 is 11.9 Å². The van der Waals surface area contributed by atoms with Gasteiger partial charge in [0.1, 0.15) is 5.56 Å². The Hall–Kier alpha value is -2.93. The van der Waals surface area contributed by atoms with Crippen molar-refractivity contribution < 1.29 is 23.8 Å². The summed E-state index contributed by atoms with van der Waals surface area (Å²) in [6.45, 7) is 11.1. The molecule has 7 heteroatoms. The third-order valence-electron chi connectivity index (χ3n) is 4.94. The molecule has 0 amide bonds. The fraction of sp³-hybridized carbons (Fsp3) is 0.500. The molecular weight excluding hydrogens is 420 g/mol. The van der Waals surface area contributed by atoms with Crippen LogP contribution in [0.25, 0.3) is 0 Å². The van der Waals surface area contributed by atoms with Crippen LogP contribution in [-0.2, 0) is 15.9 Å².